The zero-order valence-electron chi connectivity index (χ0n) is 9.98. The quantitative estimate of drug-likeness (QED) is 0.913. The summed E-state index contributed by atoms with van der Waals surface area (Å²) in [6, 6.07) is 8.55. The first-order valence-corrected chi connectivity index (χ1v) is 5.82. The molecule has 0 unspecified atom stereocenters. The van der Waals surface area contributed by atoms with Gasteiger partial charge in [-0.1, -0.05) is 23.7 Å². The first-order valence-electron chi connectivity index (χ1n) is 5.45. The topological polar surface area (TPSA) is 46.5 Å². The molecule has 0 aliphatic heterocycles. The van der Waals surface area contributed by atoms with Gasteiger partial charge >= 0.3 is 5.97 Å². The standard InChI is InChI=1S/C14H10ClFO3/c1-8-5-6-9(16)7-12(8)19-11-4-2-3-10(15)13(11)14(17)18/h2-7H,1H3,(H,17,18). The van der Waals surface area contributed by atoms with Crippen LogP contribution >= 0.6 is 11.6 Å². The Kier molecular flexibility index (Phi) is 3.71. The molecule has 98 valence electrons. The van der Waals surface area contributed by atoms with Crippen LogP contribution in [0.1, 0.15) is 15.9 Å². The van der Waals surface area contributed by atoms with Crippen molar-refractivity contribution in [3.63, 3.8) is 0 Å². The molecule has 0 fully saturated rings. The molecule has 5 heteroatoms. The van der Waals surface area contributed by atoms with E-state index in [1.807, 2.05) is 0 Å². The summed E-state index contributed by atoms with van der Waals surface area (Å²) in [7, 11) is 0. The van der Waals surface area contributed by atoms with Crippen LogP contribution in [-0.4, -0.2) is 11.1 Å². The third-order valence-electron chi connectivity index (χ3n) is 2.56. The second kappa shape index (κ2) is 5.28. The molecule has 0 radical (unpaired) electrons. The molecule has 0 amide bonds. The normalized spacial score (nSPS) is 10.3. The molecule has 1 N–H and O–H groups in total. The van der Waals surface area contributed by atoms with Crippen LogP contribution in [0.5, 0.6) is 11.5 Å². The van der Waals surface area contributed by atoms with E-state index in [0.717, 1.165) is 0 Å². The predicted octanol–water partition coefficient (Wildman–Crippen LogP) is 4.28. The SMILES string of the molecule is Cc1ccc(F)cc1Oc1cccc(Cl)c1C(=O)O. The van der Waals surface area contributed by atoms with Gasteiger partial charge in [-0.25, -0.2) is 9.18 Å². The Morgan fingerprint density at radius 1 is 1.26 bits per heavy atom. The van der Waals surface area contributed by atoms with Crippen molar-refractivity contribution in [3.05, 3.63) is 58.4 Å². The van der Waals surface area contributed by atoms with Crippen LogP contribution in [0.15, 0.2) is 36.4 Å². The molecular formula is C14H10ClFO3. The van der Waals surface area contributed by atoms with Crippen molar-refractivity contribution in [2.45, 2.75) is 6.92 Å². The van der Waals surface area contributed by atoms with Crippen molar-refractivity contribution in [2.75, 3.05) is 0 Å². The van der Waals surface area contributed by atoms with Crippen LogP contribution in [0.3, 0.4) is 0 Å². The molecule has 19 heavy (non-hydrogen) atoms. The fourth-order valence-corrected chi connectivity index (χ4v) is 1.85. The van der Waals surface area contributed by atoms with E-state index in [0.29, 0.717) is 5.56 Å². The fraction of sp³-hybridized carbons (Fsp3) is 0.0714. The molecule has 0 bridgehead atoms. The summed E-state index contributed by atoms with van der Waals surface area (Å²) < 4.78 is 18.6. The van der Waals surface area contributed by atoms with E-state index >= 15 is 0 Å². The highest BCUT2D eigenvalue weighted by Crippen LogP contribution is 2.32. The van der Waals surface area contributed by atoms with Crippen molar-refractivity contribution in [3.8, 4) is 11.5 Å². The lowest BCUT2D eigenvalue weighted by molar-refractivity contribution is 0.0694. The second-order valence-corrected chi connectivity index (χ2v) is 4.34. The monoisotopic (exact) mass is 280 g/mol. The second-order valence-electron chi connectivity index (χ2n) is 3.93. The summed E-state index contributed by atoms with van der Waals surface area (Å²) in [5.41, 5.74) is 0.547. The van der Waals surface area contributed by atoms with Gasteiger partial charge in [0.15, 0.2) is 0 Å². The Morgan fingerprint density at radius 2 is 2.00 bits per heavy atom. The van der Waals surface area contributed by atoms with Crippen LogP contribution in [-0.2, 0) is 0 Å². The van der Waals surface area contributed by atoms with E-state index in [1.54, 1.807) is 19.1 Å². The van der Waals surface area contributed by atoms with Gasteiger partial charge < -0.3 is 9.84 Å². The van der Waals surface area contributed by atoms with Crippen molar-refractivity contribution < 1.29 is 19.0 Å². The average Bonchev–Trinajstić information content (AvgIpc) is 2.33. The summed E-state index contributed by atoms with van der Waals surface area (Å²) in [6.45, 7) is 1.74. The van der Waals surface area contributed by atoms with Crippen LogP contribution in [0.2, 0.25) is 5.02 Å². The molecular weight excluding hydrogens is 271 g/mol. The molecule has 2 rings (SSSR count). The third-order valence-corrected chi connectivity index (χ3v) is 2.87. The maximum Gasteiger partial charge on any atom is 0.341 e. The predicted molar refractivity (Wildman–Crippen MR) is 69.6 cm³/mol. The third kappa shape index (κ3) is 2.85. The molecule has 0 saturated heterocycles. The number of rotatable bonds is 3. The van der Waals surface area contributed by atoms with Crippen LogP contribution in [0.4, 0.5) is 4.39 Å². The van der Waals surface area contributed by atoms with Gasteiger partial charge in [-0.2, -0.15) is 0 Å². The number of carboxylic acid groups (broad SMARTS) is 1. The van der Waals surface area contributed by atoms with Crippen LogP contribution in [0, 0.1) is 12.7 Å². The van der Waals surface area contributed by atoms with Gasteiger partial charge in [0, 0.05) is 6.07 Å². The summed E-state index contributed by atoms with van der Waals surface area (Å²) in [5, 5.41) is 9.18. The number of ether oxygens (including phenoxy) is 1. The number of hydrogen-bond donors (Lipinski definition) is 1. The first kappa shape index (κ1) is 13.4. The van der Waals surface area contributed by atoms with E-state index in [2.05, 4.69) is 0 Å². The van der Waals surface area contributed by atoms with E-state index < -0.39 is 11.8 Å². The summed E-state index contributed by atoms with van der Waals surface area (Å²) >= 11 is 5.83. The Bertz CT molecular complexity index is 641. The Hall–Kier alpha value is -2.07. The van der Waals surface area contributed by atoms with Crippen molar-refractivity contribution >= 4 is 17.6 Å². The average molecular weight is 281 g/mol. The number of hydrogen-bond acceptors (Lipinski definition) is 2. The minimum atomic E-state index is -1.20. The van der Waals surface area contributed by atoms with Crippen molar-refractivity contribution in [1.29, 1.82) is 0 Å². The van der Waals surface area contributed by atoms with Gasteiger partial charge in [-0.05, 0) is 30.7 Å². The van der Waals surface area contributed by atoms with E-state index in [9.17, 15) is 9.18 Å². The minimum Gasteiger partial charge on any atom is -0.478 e. The van der Waals surface area contributed by atoms with Crippen LogP contribution in [0.25, 0.3) is 0 Å². The molecule has 0 aromatic heterocycles. The fourth-order valence-electron chi connectivity index (χ4n) is 1.60. The number of aromatic carboxylic acids is 1. The maximum atomic E-state index is 13.2. The molecule has 3 nitrogen and oxygen atoms in total. The lowest BCUT2D eigenvalue weighted by Crippen LogP contribution is -2.01. The summed E-state index contributed by atoms with van der Waals surface area (Å²) in [5.74, 6) is -1.33. The summed E-state index contributed by atoms with van der Waals surface area (Å²) in [4.78, 5) is 11.1. The largest absolute Gasteiger partial charge is 0.478 e. The maximum absolute atomic E-state index is 13.2. The van der Waals surface area contributed by atoms with Gasteiger partial charge in [0.05, 0.1) is 5.02 Å². The highest BCUT2D eigenvalue weighted by molar-refractivity contribution is 6.33. The highest BCUT2D eigenvalue weighted by atomic mass is 35.5. The zero-order valence-corrected chi connectivity index (χ0v) is 10.7. The Morgan fingerprint density at radius 3 is 2.68 bits per heavy atom. The number of aryl methyl sites for hydroxylation is 1. The number of carbonyl (C=O) groups is 1. The Labute approximate surface area is 114 Å². The Balaban J connectivity index is 2.46. The lowest BCUT2D eigenvalue weighted by atomic mass is 10.2. The van der Waals surface area contributed by atoms with Gasteiger partial charge in [0.2, 0.25) is 0 Å². The molecule has 0 atom stereocenters. The molecule has 2 aromatic rings. The minimum absolute atomic E-state index is 0.0686. The smallest absolute Gasteiger partial charge is 0.341 e. The number of carboxylic acids is 1. The zero-order chi connectivity index (χ0) is 14.0. The van der Waals surface area contributed by atoms with E-state index in [4.69, 9.17) is 21.4 Å². The molecule has 0 saturated carbocycles. The number of benzene rings is 2. The van der Waals surface area contributed by atoms with Gasteiger partial charge in [-0.15, -0.1) is 0 Å². The molecule has 0 aliphatic rings. The van der Waals surface area contributed by atoms with Crippen LogP contribution < -0.4 is 4.74 Å². The molecule has 0 heterocycles. The highest BCUT2D eigenvalue weighted by Gasteiger charge is 2.16. The van der Waals surface area contributed by atoms with Gasteiger partial charge in [0.1, 0.15) is 22.9 Å². The number of halogens is 2. The van der Waals surface area contributed by atoms with Crippen molar-refractivity contribution in [2.24, 2.45) is 0 Å². The summed E-state index contributed by atoms with van der Waals surface area (Å²) in [6.07, 6.45) is 0. The van der Waals surface area contributed by atoms with E-state index in [-0.39, 0.29) is 22.1 Å². The van der Waals surface area contributed by atoms with Gasteiger partial charge in [0.25, 0.3) is 0 Å². The molecule has 0 spiro atoms. The molecule has 2 aromatic carbocycles. The first-order chi connectivity index (χ1) is 8.99. The van der Waals surface area contributed by atoms with Gasteiger partial charge in [-0.3, -0.25) is 0 Å². The van der Waals surface area contributed by atoms with Crippen molar-refractivity contribution in [1.82, 2.24) is 0 Å². The molecule has 0 aliphatic carbocycles. The lowest BCUT2D eigenvalue weighted by Gasteiger charge is -2.11. The van der Waals surface area contributed by atoms with E-state index in [1.165, 1.54) is 24.3 Å².